The second-order valence-electron chi connectivity index (χ2n) is 2.66. The van der Waals surface area contributed by atoms with Crippen LogP contribution in [0.25, 0.3) is 5.70 Å². The van der Waals surface area contributed by atoms with Crippen molar-refractivity contribution in [3.63, 3.8) is 0 Å². The van der Waals surface area contributed by atoms with Crippen LogP contribution in [0.3, 0.4) is 0 Å². The summed E-state index contributed by atoms with van der Waals surface area (Å²) in [6.45, 7) is 2.09. The molecular weight excluding hydrogens is 216 g/mol. The van der Waals surface area contributed by atoms with Gasteiger partial charge in [-0.1, -0.05) is 22.9 Å². The summed E-state index contributed by atoms with van der Waals surface area (Å²) in [7, 11) is 0. The molecule has 1 aliphatic heterocycles. The van der Waals surface area contributed by atoms with Gasteiger partial charge < -0.3 is 0 Å². The van der Waals surface area contributed by atoms with Gasteiger partial charge in [-0.3, -0.25) is 0 Å². The summed E-state index contributed by atoms with van der Waals surface area (Å²) in [6, 6.07) is 6.06. The molecule has 1 aliphatic rings. The molecule has 0 aromatic heterocycles. The van der Waals surface area contributed by atoms with Gasteiger partial charge >= 0.3 is 0 Å². The Bertz CT molecular complexity index is 423. The van der Waals surface area contributed by atoms with E-state index in [1.165, 1.54) is 5.22 Å². The van der Waals surface area contributed by atoms with Crippen LogP contribution in [0.4, 0.5) is 0 Å². The lowest BCUT2D eigenvalue weighted by molar-refractivity contribution is 0.911. The molecule has 12 heavy (non-hydrogen) atoms. The Labute approximate surface area is 79.1 Å². The van der Waals surface area contributed by atoms with Crippen molar-refractivity contribution < 1.29 is 0 Å². The maximum Gasteiger partial charge on any atom is 0.0959 e. The molecule has 0 N–H and O–H groups in total. The predicted molar refractivity (Wildman–Crippen MR) is 50.8 cm³/mol. The third kappa shape index (κ3) is 1.14. The van der Waals surface area contributed by atoms with E-state index in [4.69, 9.17) is 0 Å². The van der Waals surface area contributed by atoms with Crippen LogP contribution in [0.5, 0.6) is 0 Å². The molecule has 0 bridgehead atoms. The lowest BCUT2D eigenvalue weighted by Gasteiger charge is -1.90. The number of rotatable bonds is 1. The van der Waals surface area contributed by atoms with Crippen LogP contribution >= 0.6 is 15.9 Å². The van der Waals surface area contributed by atoms with Gasteiger partial charge in [0.2, 0.25) is 0 Å². The van der Waals surface area contributed by atoms with Crippen molar-refractivity contribution in [2.75, 3.05) is 0 Å². The first-order valence-electron chi connectivity index (χ1n) is 3.88. The average Bonchev–Trinajstić information content (AvgIpc) is 2.46. The fraction of sp³-hybridized carbons (Fsp3) is 0.222. The second-order valence-corrected chi connectivity index (χ2v) is 3.58. The fourth-order valence-corrected chi connectivity index (χ4v) is 1.61. The van der Waals surface area contributed by atoms with Crippen LogP contribution in [0.1, 0.15) is 13.3 Å². The van der Waals surface area contributed by atoms with Gasteiger partial charge in [-0.25, -0.2) is 0 Å². The summed E-state index contributed by atoms with van der Waals surface area (Å²) in [5.74, 6) is 0. The van der Waals surface area contributed by atoms with Crippen LogP contribution in [0.2, 0.25) is 0 Å². The monoisotopic (exact) mass is 223 g/mol. The molecular formula is C9H8BrN2. The van der Waals surface area contributed by atoms with Crippen molar-refractivity contribution in [1.82, 2.24) is 5.43 Å². The first-order chi connectivity index (χ1) is 5.81. The number of hydrogen-bond acceptors (Lipinski definition) is 1. The Balaban J connectivity index is 2.76. The van der Waals surface area contributed by atoms with Gasteiger partial charge in [0.1, 0.15) is 0 Å². The van der Waals surface area contributed by atoms with Crippen molar-refractivity contribution >= 4 is 21.6 Å². The highest BCUT2D eigenvalue weighted by Crippen LogP contribution is 2.04. The second kappa shape index (κ2) is 2.90. The number of benzene rings is 1. The van der Waals surface area contributed by atoms with Crippen LogP contribution in [-0.4, -0.2) is 0 Å². The lowest BCUT2D eigenvalue weighted by atomic mass is 10.2. The SMILES string of the molecule is CCC1=c2ccc(Br)cc2=N[N]1. The normalized spacial score (nSPS) is 13.7. The number of halogens is 1. The van der Waals surface area contributed by atoms with Gasteiger partial charge in [0.15, 0.2) is 0 Å². The summed E-state index contributed by atoms with van der Waals surface area (Å²) in [5.41, 5.74) is 5.17. The van der Waals surface area contributed by atoms with E-state index in [1.807, 2.05) is 12.1 Å². The first kappa shape index (κ1) is 7.80. The van der Waals surface area contributed by atoms with Gasteiger partial charge in [0, 0.05) is 9.69 Å². The largest absolute Gasteiger partial charge is 0.154 e. The van der Waals surface area contributed by atoms with Gasteiger partial charge in [0.25, 0.3) is 0 Å². The maximum atomic E-state index is 4.08. The Kier molecular flexibility index (Phi) is 1.89. The van der Waals surface area contributed by atoms with Gasteiger partial charge in [-0.15, -0.1) is 0 Å². The highest BCUT2D eigenvalue weighted by molar-refractivity contribution is 9.10. The minimum Gasteiger partial charge on any atom is -0.154 e. The van der Waals surface area contributed by atoms with E-state index in [9.17, 15) is 0 Å². The van der Waals surface area contributed by atoms with Crippen molar-refractivity contribution in [2.45, 2.75) is 13.3 Å². The molecule has 0 saturated carbocycles. The number of nitrogens with zero attached hydrogens (tertiary/aromatic N) is 2. The molecule has 1 radical (unpaired) electrons. The Morgan fingerprint density at radius 1 is 1.42 bits per heavy atom. The van der Waals surface area contributed by atoms with E-state index in [0.29, 0.717) is 0 Å². The highest BCUT2D eigenvalue weighted by Gasteiger charge is 2.05. The molecule has 1 aromatic carbocycles. The van der Waals surface area contributed by atoms with Crippen molar-refractivity contribution in [2.24, 2.45) is 5.10 Å². The van der Waals surface area contributed by atoms with Crippen molar-refractivity contribution in [3.8, 4) is 0 Å². The first-order valence-corrected chi connectivity index (χ1v) is 4.68. The van der Waals surface area contributed by atoms with Crippen LogP contribution in [0, 0.1) is 0 Å². The van der Waals surface area contributed by atoms with E-state index >= 15 is 0 Å². The third-order valence-corrected chi connectivity index (χ3v) is 2.38. The molecule has 0 saturated heterocycles. The fourth-order valence-electron chi connectivity index (χ4n) is 1.26. The summed E-state index contributed by atoms with van der Waals surface area (Å²) in [5, 5.41) is 6.21. The predicted octanol–water partition coefficient (Wildman–Crippen LogP) is 1.12. The summed E-state index contributed by atoms with van der Waals surface area (Å²) >= 11 is 3.40. The Morgan fingerprint density at radius 2 is 2.25 bits per heavy atom. The Morgan fingerprint density at radius 3 is 3.00 bits per heavy atom. The lowest BCUT2D eigenvalue weighted by Crippen LogP contribution is -2.22. The zero-order chi connectivity index (χ0) is 8.55. The Hall–Kier alpha value is -0.830. The van der Waals surface area contributed by atoms with Crippen molar-refractivity contribution in [3.05, 3.63) is 33.2 Å². The van der Waals surface area contributed by atoms with Gasteiger partial charge in [0.05, 0.1) is 11.1 Å². The maximum absolute atomic E-state index is 4.08. The smallest absolute Gasteiger partial charge is 0.0959 e. The molecule has 0 aliphatic carbocycles. The van der Waals surface area contributed by atoms with Gasteiger partial charge in [-0.2, -0.15) is 10.5 Å². The molecule has 3 heteroatoms. The zero-order valence-corrected chi connectivity index (χ0v) is 8.30. The van der Waals surface area contributed by atoms with E-state index in [0.717, 1.165) is 21.9 Å². The molecule has 2 nitrogen and oxygen atoms in total. The summed E-state index contributed by atoms with van der Waals surface area (Å²) in [4.78, 5) is 0. The summed E-state index contributed by atoms with van der Waals surface area (Å²) < 4.78 is 1.05. The molecule has 0 atom stereocenters. The average molecular weight is 224 g/mol. The van der Waals surface area contributed by atoms with E-state index in [2.05, 4.69) is 39.4 Å². The van der Waals surface area contributed by atoms with E-state index < -0.39 is 0 Å². The van der Waals surface area contributed by atoms with Gasteiger partial charge in [-0.05, 0) is 24.6 Å². The van der Waals surface area contributed by atoms with Crippen LogP contribution < -0.4 is 16.0 Å². The summed E-state index contributed by atoms with van der Waals surface area (Å²) in [6.07, 6.45) is 0.943. The number of fused-ring (bicyclic) bond motifs is 1. The molecule has 0 fully saturated rings. The topological polar surface area (TPSA) is 26.5 Å². The zero-order valence-electron chi connectivity index (χ0n) is 6.71. The molecule has 0 unspecified atom stereocenters. The highest BCUT2D eigenvalue weighted by atomic mass is 79.9. The standard InChI is InChI=1S/C9H8BrN2/c1-2-8-7-4-3-6(10)5-9(7)12-11-8/h3-5H,2H2,1H3. The van der Waals surface area contributed by atoms with Crippen LogP contribution in [0.15, 0.2) is 27.8 Å². The van der Waals surface area contributed by atoms with Crippen molar-refractivity contribution in [1.29, 1.82) is 0 Å². The molecule has 1 heterocycles. The minimum atomic E-state index is 0.943. The molecule has 61 valence electrons. The van der Waals surface area contributed by atoms with E-state index in [1.54, 1.807) is 0 Å². The molecule has 2 rings (SSSR count). The van der Waals surface area contributed by atoms with Crippen LogP contribution in [-0.2, 0) is 0 Å². The quantitative estimate of drug-likeness (QED) is 0.683. The number of hydrogen-bond donors (Lipinski definition) is 0. The third-order valence-electron chi connectivity index (χ3n) is 1.88. The molecule has 1 aromatic rings. The molecule has 0 amide bonds. The molecule has 0 spiro atoms. The van der Waals surface area contributed by atoms with E-state index in [-0.39, 0.29) is 0 Å². The minimum absolute atomic E-state index is 0.943.